The maximum atomic E-state index is 13.2. The standard InChI is InChI=1S/C25H29FN4O3/c1-33-20-6-7-23-22(14-20)21(10-13-28-23)24(31)15-30(19-8-11-27-12-9-19)16-25(32)29-18-4-2-17(26)3-5-18/h2-7,10,13-14,19,24,27,31H,8-9,11-12,15-16H2,1H3,(H,29,32)/t24-/m1/s1. The van der Waals surface area contributed by atoms with Crippen LogP contribution in [0.3, 0.4) is 0 Å². The Morgan fingerprint density at radius 2 is 2.00 bits per heavy atom. The number of nitrogens with one attached hydrogen (secondary N) is 2. The summed E-state index contributed by atoms with van der Waals surface area (Å²) in [5.41, 5.74) is 2.06. The number of aromatic nitrogens is 1. The molecule has 0 unspecified atom stereocenters. The molecule has 7 nitrogen and oxygen atoms in total. The summed E-state index contributed by atoms with van der Waals surface area (Å²) in [6.45, 7) is 2.17. The zero-order valence-corrected chi connectivity index (χ0v) is 18.6. The topological polar surface area (TPSA) is 86.7 Å². The SMILES string of the molecule is COc1ccc2nccc([C@H](O)CN(CC(=O)Nc3ccc(F)cc3)C3CCNCC3)c2c1. The zero-order chi connectivity index (χ0) is 23.2. The lowest BCUT2D eigenvalue weighted by Gasteiger charge is -2.35. The molecule has 1 amide bonds. The van der Waals surface area contributed by atoms with Crippen LogP contribution in [0, 0.1) is 5.82 Å². The highest BCUT2D eigenvalue weighted by atomic mass is 19.1. The van der Waals surface area contributed by atoms with E-state index in [0.29, 0.717) is 18.0 Å². The Bertz CT molecular complexity index is 1090. The molecule has 1 fully saturated rings. The van der Waals surface area contributed by atoms with E-state index in [1.807, 2.05) is 29.2 Å². The Morgan fingerprint density at radius 1 is 1.24 bits per heavy atom. The molecule has 1 aliphatic heterocycles. The Balaban J connectivity index is 1.53. The molecule has 0 spiro atoms. The molecule has 1 aliphatic rings. The highest BCUT2D eigenvalue weighted by Gasteiger charge is 2.26. The van der Waals surface area contributed by atoms with Crippen LogP contribution in [0.2, 0.25) is 0 Å². The lowest BCUT2D eigenvalue weighted by Crippen LogP contribution is -2.47. The molecule has 8 heteroatoms. The number of halogens is 1. The molecule has 1 aromatic heterocycles. The second-order valence-electron chi connectivity index (χ2n) is 8.26. The number of aliphatic hydroxyl groups excluding tert-OH is 1. The molecule has 33 heavy (non-hydrogen) atoms. The van der Waals surface area contributed by atoms with Crippen LogP contribution in [0.25, 0.3) is 10.9 Å². The monoisotopic (exact) mass is 452 g/mol. The third-order valence-corrected chi connectivity index (χ3v) is 6.05. The lowest BCUT2D eigenvalue weighted by molar-refractivity contribution is -0.118. The van der Waals surface area contributed by atoms with Gasteiger partial charge >= 0.3 is 0 Å². The molecule has 3 N–H and O–H groups in total. The van der Waals surface area contributed by atoms with Crippen molar-refractivity contribution in [1.82, 2.24) is 15.2 Å². The second-order valence-corrected chi connectivity index (χ2v) is 8.26. The molecule has 3 aromatic rings. The van der Waals surface area contributed by atoms with Crippen molar-refractivity contribution in [3.05, 3.63) is 66.1 Å². The van der Waals surface area contributed by atoms with E-state index in [1.165, 1.54) is 24.3 Å². The number of hydrogen-bond acceptors (Lipinski definition) is 6. The molecule has 2 aromatic carbocycles. The van der Waals surface area contributed by atoms with Gasteiger partial charge in [-0.3, -0.25) is 14.7 Å². The maximum absolute atomic E-state index is 13.2. The summed E-state index contributed by atoms with van der Waals surface area (Å²) in [4.78, 5) is 19.2. The molecule has 0 bridgehead atoms. The quantitative estimate of drug-likeness (QED) is 0.487. The lowest BCUT2D eigenvalue weighted by atomic mass is 10.0. The number of hydrogen-bond donors (Lipinski definition) is 3. The largest absolute Gasteiger partial charge is 0.497 e. The first-order valence-corrected chi connectivity index (χ1v) is 11.1. The summed E-state index contributed by atoms with van der Waals surface area (Å²) >= 11 is 0. The second kappa shape index (κ2) is 10.7. The number of rotatable bonds is 8. The van der Waals surface area contributed by atoms with Crippen molar-refractivity contribution < 1.29 is 19.0 Å². The molecule has 0 saturated carbocycles. The predicted octanol–water partition coefficient (Wildman–Crippen LogP) is 3.11. The van der Waals surface area contributed by atoms with Crippen molar-refractivity contribution >= 4 is 22.5 Å². The van der Waals surface area contributed by atoms with Crippen LogP contribution < -0.4 is 15.4 Å². The number of amides is 1. The van der Waals surface area contributed by atoms with Gasteiger partial charge in [-0.05, 0) is 80.0 Å². The van der Waals surface area contributed by atoms with Crippen molar-refractivity contribution in [1.29, 1.82) is 0 Å². The van der Waals surface area contributed by atoms with Gasteiger partial charge in [-0.25, -0.2) is 4.39 Å². The zero-order valence-electron chi connectivity index (χ0n) is 18.6. The average molecular weight is 453 g/mol. The minimum Gasteiger partial charge on any atom is -0.497 e. The van der Waals surface area contributed by atoms with Gasteiger partial charge in [0.1, 0.15) is 11.6 Å². The fraction of sp³-hybridized carbons (Fsp3) is 0.360. The number of nitrogens with zero attached hydrogens (tertiary/aromatic N) is 2. The van der Waals surface area contributed by atoms with E-state index >= 15 is 0 Å². The van der Waals surface area contributed by atoms with Gasteiger partial charge in [0, 0.05) is 29.9 Å². The highest BCUT2D eigenvalue weighted by Crippen LogP contribution is 2.28. The third kappa shape index (κ3) is 5.84. The molecule has 0 radical (unpaired) electrons. The van der Waals surface area contributed by atoms with E-state index in [0.717, 1.165) is 42.4 Å². The van der Waals surface area contributed by atoms with Crippen molar-refractivity contribution in [3.8, 4) is 5.75 Å². The summed E-state index contributed by atoms with van der Waals surface area (Å²) in [7, 11) is 1.60. The Labute approximate surface area is 192 Å². The number of ether oxygens (including phenoxy) is 1. The summed E-state index contributed by atoms with van der Waals surface area (Å²) in [5, 5.41) is 18.2. The Kier molecular flexibility index (Phi) is 7.49. The Morgan fingerprint density at radius 3 is 2.73 bits per heavy atom. The number of carbonyl (C=O) groups is 1. The van der Waals surface area contributed by atoms with E-state index in [-0.39, 0.29) is 24.3 Å². The molecule has 174 valence electrons. The van der Waals surface area contributed by atoms with Crippen molar-refractivity contribution in [2.75, 3.05) is 38.6 Å². The van der Waals surface area contributed by atoms with Crippen LogP contribution in [-0.2, 0) is 4.79 Å². The van der Waals surface area contributed by atoms with Gasteiger partial charge in [0.05, 0.1) is 25.3 Å². The van der Waals surface area contributed by atoms with E-state index in [9.17, 15) is 14.3 Å². The molecular formula is C25H29FN4O3. The van der Waals surface area contributed by atoms with Gasteiger partial charge in [-0.15, -0.1) is 0 Å². The highest BCUT2D eigenvalue weighted by molar-refractivity contribution is 5.92. The van der Waals surface area contributed by atoms with Crippen LogP contribution >= 0.6 is 0 Å². The molecule has 1 atom stereocenters. The average Bonchev–Trinajstić information content (AvgIpc) is 2.84. The van der Waals surface area contributed by atoms with Gasteiger partial charge in [-0.1, -0.05) is 0 Å². The number of carbonyl (C=O) groups excluding carboxylic acids is 1. The summed E-state index contributed by atoms with van der Waals surface area (Å²) < 4.78 is 18.5. The van der Waals surface area contributed by atoms with Gasteiger partial charge in [0.25, 0.3) is 0 Å². The normalized spacial score (nSPS) is 15.5. The number of fused-ring (bicyclic) bond motifs is 1. The number of benzene rings is 2. The first kappa shape index (κ1) is 23.1. The number of pyridine rings is 1. The number of piperidine rings is 1. The van der Waals surface area contributed by atoms with Crippen LogP contribution in [0.5, 0.6) is 5.75 Å². The first-order chi connectivity index (χ1) is 16.0. The van der Waals surface area contributed by atoms with Crippen LogP contribution in [-0.4, -0.2) is 60.2 Å². The van der Waals surface area contributed by atoms with Gasteiger partial charge in [0.15, 0.2) is 0 Å². The van der Waals surface area contributed by atoms with E-state index in [1.54, 1.807) is 13.3 Å². The number of anilines is 1. The molecule has 1 saturated heterocycles. The van der Waals surface area contributed by atoms with Gasteiger partial charge < -0.3 is 20.5 Å². The maximum Gasteiger partial charge on any atom is 0.238 e. The van der Waals surface area contributed by atoms with Gasteiger partial charge in [0.2, 0.25) is 5.91 Å². The molecule has 0 aliphatic carbocycles. The predicted molar refractivity (Wildman–Crippen MR) is 126 cm³/mol. The minimum atomic E-state index is -0.809. The van der Waals surface area contributed by atoms with E-state index in [2.05, 4.69) is 15.6 Å². The summed E-state index contributed by atoms with van der Waals surface area (Å²) in [5.74, 6) is 0.139. The fourth-order valence-corrected chi connectivity index (χ4v) is 4.32. The summed E-state index contributed by atoms with van der Waals surface area (Å²) in [6.07, 6.45) is 2.66. The van der Waals surface area contributed by atoms with Crippen LogP contribution in [0.15, 0.2) is 54.7 Å². The van der Waals surface area contributed by atoms with Gasteiger partial charge in [-0.2, -0.15) is 0 Å². The number of methoxy groups -OCH3 is 1. The van der Waals surface area contributed by atoms with E-state index < -0.39 is 6.10 Å². The molecule has 4 rings (SSSR count). The van der Waals surface area contributed by atoms with Crippen molar-refractivity contribution in [3.63, 3.8) is 0 Å². The van der Waals surface area contributed by atoms with E-state index in [4.69, 9.17) is 4.74 Å². The van der Waals surface area contributed by atoms with Crippen molar-refractivity contribution in [2.24, 2.45) is 0 Å². The van der Waals surface area contributed by atoms with Crippen LogP contribution in [0.1, 0.15) is 24.5 Å². The molecule has 2 heterocycles. The number of aliphatic hydroxyl groups is 1. The fourth-order valence-electron chi connectivity index (χ4n) is 4.32. The summed E-state index contributed by atoms with van der Waals surface area (Å²) in [6, 6.07) is 13.3. The van der Waals surface area contributed by atoms with Crippen LogP contribution in [0.4, 0.5) is 10.1 Å². The first-order valence-electron chi connectivity index (χ1n) is 11.1. The van der Waals surface area contributed by atoms with Crippen molar-refractivity contribution in [2.45, 2.75) is 25.0 Å². The third-order valence-electron chi connectivity index (χ3n) is 6.05. The minimum absolute atomic E-state index is 0.130. The molecular weight excluding hydrogens is 423 g/mol. The Hall–Kier alpha value is -3.07. The smallest absolute Gasteiger partial charge is 0.238 e.